The predicted molar refractivity (Wildman–Crippen MR) is 80.1 cm³/mol. The van der Waals surface area contributed by atoms with Gasteiger partial charge in [0.15, 0.2) is 0 Å². The van der Waals surface area contributed by atoms with Gasteiger partial charge in [0.25, 0.3) is 9.05 Å². The van der Waals surface area contributed by atoms with E-state index in [4.69, 9.17) is 15.4 Å². The number of carbonyl (C=O) groups excluding carboxylic acids is 1. The van der Waals surface area contributed by atoms with Crippen LogP contribution < -0.4 is 10.1 Å². The number of hydrogen-bond donors (Lipinski definition) is 1. The largest absolute Gasteiger partial charge is 0.492 e. The van der Waals surface area contributed by atoms with Gasteiger partial charge in [-0.1, -0.05) is 13.3 Å². The number of unbranched alkanes of at least 4 members (excludes halogenated alkanes) is 1. The number of hydrogen-bond acceptors (Lipinski definition) is 4. The molecule has 1 aromatic carbocycles. The Morgan fingerprint density at radius 2 is 2.24 bits per heavy atom. The van der Waals surface area contributed by atoms with E-state index in [9.17, 15) is 13.2 Å². The highest BCUT2D eigenvalue weighted by Crippen LogP contribution is 2.30. The molecule has 116 valence electrons. The fraction of sp³-hybridized carbons (Fsp3) is 0.500. The fourth-order valence-corrected chi connectivity index (χ4v) is 3.03. The van der Waals surface area contributed by atoms with Crippen LogP contribution in [0, 0.1) is 5.92 Å². The Morgan fingerprint density at radius 3 is 2.90 bits per heavy atom. The van der Waals surface area contributed by atoms with E-state index in [1.165, 1.54) is 12.1 Å². The first-order valence-electron chi connectivity index (χ1n) is 6.90. The van der Waals surface area contributed by atoms with Crippen LogP contribution in [0.3, 0.4) is 0 Å². The van der Waals surface area contributed by atoms with E-state index >= 15 is 0 Å². The van der Waals surface area contributed by atoms with Crippen molar-refractivity contribution in [3.63, 3.8) is 0 Å². The van der Waals surface area contributed by atoms with Gasteiger partial charge < -0.3 is 10.1 Å². The maximum absolute atomic E-state index is 12.0. The van der Waals surface area contributed by atoms with Crippen molar-refractivity contribution >= 4 is 25.6 Å². The van der Waals surface area contributed by atoms with E-state index in [0.717, 1.165) is 12.8 Å². The lowest BCUT2D eigenvalue weighted by molar-refractivity contribution is -0.126. The average molecular weight is 332 g/mol. The minimum atomic E-state index is -3.78. The maximum atomic E-state index is 12.0. The SMILES string of the molecule is CCCCNC(=O)C1COc2ccc(S(=O)(=O)Cl)cc2C1. The van der Waals surface area contributed by atoms with Crippen molar-refractivity contribution in [3.05, 3.63) is 23.8 Å². The Bertz CT molecular complexity index is 630. The molecule has 5 nitrogen and oxygen atoms in total. The first kappa shape index (κ1) is 16.1. The van der Waals surface area contributed by atoms with Gasteiger partial charge in [-0.3, -0.25) is 4.79 Å². The van der Waals surface area contributed by atoms with Crippen LogP contribution in [-0.2, 0) is 20.3 Å². The molecule has 0 bridgehead atoms. The summed E-state index contributed by atoms with van der Waals surface area (Å²) in [5.41, 5.74) is 0.693. The summed E-state index contributed by atoms with van der Waals surface area (Å²) >= 11 is 0. The molecule has 0 fully saturated rings. The highest BCUT2D eigenvalue weighted by molar-refractivity contribution is 8.13. The minimum Gasteiger partial charge on any atom is -0.492 e. The number of amides is 1. The molecule has 0 aromatic heterocycles. The van der Waals surface area contributed by atoms with Crippen LogP contribution in [0.25, 0.3) is 0 Å². The monoisotopic (exact) mass is 331 g/mol. The minimum absolute atomic E-state index is 0.0264. The molecular formula is C14H18ClNO4S. The van der Waals surface area contributed by atoms with Gasteiger partial charge in [0, 0.05) is 17.2 Å². The highest BCUT2D eigenvalue weighted by Gasteiger charge is 2.27. The molecule has 1 unspecified atom stereocenters. The van der Waals surface area contributed by atoms with Crippen LogP contribution in [0.5, 0.6) is 5.75 Å². The molecular weight excluding hydrogens is 314 g/mol. The third kappa shape index (κ3) is 4.11. The van der Waals surface area contributed by atoms with Crippen LogP contribution in [0.2, 0.25) is 0 Å². The average Bonchev–Trinajstić information content (AvgIpc) is 2.45. The molecule has 0 saturated carbocycles. The Morgan fingerprint density at radius 1 is 1.48 bits per heavy atom. The normalized spacial score (nSPS) is 17.7. The van der Waals surface area contributed by atoms with Crippen LogP contribution in [0.15, 0.2) is 23.1 Å². The Balaban J connectivity index is 2.10. The topological polar surface area (TPSA) is 72.5 Å². The van der Waals surface area contributed by atoms with E-state index in [-0.39, 0.29) is 16.7 Å². The molecule has 1 amide bonds. The summed E-state index contributed by atoms with van der Waals surface area (Å²) < 4.78 is 28.2. The summed E-state index contributed by atoms with van der Waals surface area (Å²) in [5, 5.41) is 2.87. The molecule has 1 N–H and O–H groups in total. The second-order valence-corrected chi connectivity index (χ2v) is 7.63. The van der Waals surface area contributed by atoms with E-state index in [0.29, 0.717) is 30.9 Å². The molecule has 21 heavy (non-hydrogen) atoms. The first-order chi connectivity index (χ1) is 9.91. The third-order valence-corrected chi connectivity index (χ3v) is 4.77. The molecule has 1 aliphatic heterocycles. The summed E-state index contributed by atoms with van der Waals surface area (Å²) in [4.78, 5) is 12.1. The summed E-state index contributed by atoms with van der Waals surface area (Å²) in [7, 11) is 1.56. The van der Waals surface area contributed by atoms with Gasteiger partial charge in [0.05, 0.1) is 10.8 Å². The highest BCUT2D eigenvalue weighted by atomic mass is 35.7. The summed E-state index contributed by atoms with van der Waals surface area (Å²) in [6, 6.07) is 4.46. The zero-order chi connectivity index (χ0) is 15.5. The number of halogens is 1. The molecule has 1 aromatic rings. The second-order valence-electron chi connectivity index (χ2n) is 5.06. The lowest BCUT2D eigenvalue weighted by atomic mass is 9.96. The number of benzene rings is 1. The van der Waals surface area contributed by atoms with Gasteiger partial charge >= 0.3 is 0 Å². The summed E-state index contributed by atoms with van der Waals surface area (Å²) in [6.07, 6.45) is 2.40. The number of rotatable bonds is 5. The number of ether oxygens (including phenoxy) is 1. The van der Waals surface area contributed by atoms with E-state index in [1.807, 2.05) is 0 Å². The molecule has 1 atom stereocenters. The molecule has 2 rings (SSSR count). The standard InChI is InChI=1S/C14H18ClNO4S/c1-2-3-6-16-14(17)11-7-10-8-12(21(15,18)19)4-5-13(10)20-9-11/h4-5,8,11H,2-3,6-7,9H2,1H3,(H,16,17). The Kier molecular flexibility index (Phi) is 5.11. The van der Waals surface area contributed by atoms with Crippen molar-refractivity contribution in [3.8, 4) is 5.75 Å². The van der Waals surface area contributed by atoms with Gasteiger partial charge in [-0.25, -0.2) is 8.42 Å². The van der Waals surface area contributed by atoms with Crippen molar-refractivity contribution in [2.24, 2.45) is 5.92 Å². The van der Waals surface area contributed by atoms with E-state index < -0.39 is 9.05 Å². The third-order valence-electron chi connectivity index (χ3n) is 3.42. The predicted octanol–water partition coefficient (Wildman–Crippen LogP) is 2.08. The van der Waals surface area contributed by atoms with Gasteiger partial charge in [0.1, 0.15) is 12.4 Å². The van der Waals surface area contributed by atoms with Crippen LogP contribution >= 0.6 is 10.7 Å². The number of carbonyl (C=O) groups is 1. The molecule has 7 heteroatoms. The molecule has 0 spiro atoms. The number of fused-ring (bicyclic) bond motifs is 1. The van der Waals surface area contributed by atoms with E-state index in [1.54, 1.807) is 6.07 Å². The molecule has 1 aliphatic rings. The van der Waals surface area contributed by atoms with Crippen molar-refractivity contribution < 1.29 is 17.9 Å². The zero-order valence-electron chi connectivity index (χ0n) is 11.8. The maximum Gasteiger partial charge on any atom is 0.261 e. The zero-order valence-corrected chi connectivity index (χ0v) is 13.3. The van der Waals surface area contributed by atoms with Crippen LogP contribution in [-0.4, -0.2) is 27.5 Å². The van der Waals surface area contributed by atoms with Crippen LogP contribution in [0.4, 0.5) is 0 Å². The molecule has 0 saturated heterocycles. The fourth-order valence-electron chi connectivity index (χ4n) is 2.22. The number of nitrogens with one attached hydrogen (secondary N) is 1. The van der Waals surface area contributed by atoms with Gasteiger partial charge in [-0.05, 0) is 36.6 Å². The first-order valence-corrected chi connectivity index (χ1v) is 9.21. The lowest BCUT2D eigenvalue weighted by Gasteiger charge is -2.24. The van der Waals surface area contributed by atoms with Crippen LogP contribution in [0.1, 0.15) is 25.3 Å². The van der Waals surface area contributed by atoms with Crippen molar-refractivity contribution in [2.45, 2.75) is 31.1 Å². The molecule has 0 aliphatic carbocycles. The smallest absolute Gasteiger partial charge is 0.261 e. The van der Waals surface area contributed by atoms with Crippen molar-refractivity contribution in [1.29, 1.82) is 0 Å². The second kappa shape index (κ2) is 6.66. The van der Waals surface area contributed by atoms with Crippen molar-refractivity contribution in [1.82, 2.24) is 5.32 Å². The lowest BCUT2D eigenvalue weighted by Crippen LogP contribution is -2.37. The van der Waals surface area contributed by atoms with Gasteiger partial charge in [-0.15, -0.1) is 0 Å². The quantitative estimate of drug-likeness (QED) is 0.662. The Hall–Kier alpha value is -1.27. The molecule has 1 heterocycles. The van der Waals surface area contributed by atoms with Crippen molar-refractivity contribution in [2.75, 3.05) is 13.2 Å². The summed E-state index contributed by atoms with van der Waals surface area (Å²) in [5.74, 6) is 0.243. The molecule has 0 radical (unpaired) electrons. The Labute approximate surface area is 129 Å². The van der Waals surface area contributed by atoms with E-state index in [2.05, 4.69) is 12.2 Å². The van der Waals surface area contributed by atoms with Gasteiger partial charge in [-0.2, -0.15) is 0 Å². The summed E-state index contributed by atoms with van der Waals surface area (Å²) in [6.45, 7) is 3.01. The van der Waals surface area contributed by atoms with Gasteiger partial charge in [0.2, 0.25) is 5.91 Å².